The summed E-state index contributed by atoms with van der Waals surface area (Å²) in [5.74, 6) is -0.219. The van der Waals surface area contributed by atoms with Gasteiger partial charge in [0.2, 0.25) is 0 Å². The van der Waals surface area contributed by atoms with E-state index in [1.807, 2.05) is 43.3 Å². The molecular weight excluding hydrogens is 396 g/mol. The summed E-state index contributed by atoms with van der Waals surface area (Å²) in [7, 11) is -3.95. The van der Waals surface area contributed by atoms with E-state index < -0.39 is 10.0 Å². The molecule has 6 heteroatoms. The van der Waals surface area contributed by atoms with E-state index in [-0.39, 0.29) is 17.1 Å². The lowest BCUT2D eigenvalue weighted by Gasteiger charge is -2.23. The molecule has 30 heavy (non-hydrogen) atoms. The fourth-order valence-corrected chi connectivity index (χ4v) is 4.36. The molecule has 0 aromatic heterocycles. The Balaban J connectivity index is 1.79. The summed E-state index contributed by atoms with van der Waals surface area (Å²) in [6.45, 7) is 1.89. The maximum Gasteiger partial charge on any atom is 0.282 e. The lowest BCUT2D eigenvalue weighted by atomic mass is 9.96. The molecule has 5 nitrogen and oxygen atoms in total. The number of Topliss-reactive ketones (excluding diaryl/α,β-unsaturated/α-hetero) is 1. The largest absolute Gasteiger partial charge is 0.289 e. The number of carbonyl (C=O) groups excluding carboxylic acids is 1. The van der Waals surface area contributed by atoms with Crippen LogP contribution in [0.15, 0.2) is 107 Å². The molecule has 0 atom stereocenters. The molecule has 0 amide bonds. The molecule has 1 aliphatic rings. The van der Waals surface area contributed by atoms with Crippen LogP contribution in [-0.4, -0.2) is 24.3 Å². The quantitative estimate of drug-likeness (QED) is 0.573. The van der Waals surface area contributed by atoms with Crippen LogP contribution in [0.3, 0.4) is 0 Å². The van der Waals surface area contributed by atoms with Crippen LogP contribution >= 0.6 is 0 Å². The molecule has 0 unspecified atom stereocenters. The second kappa shape index (κ2) is 8.08. The predicted octanol–water partition coefficient (Wildman–Crippen LogP) is 4.56. The van der Waals surface area contributed by atoms with Gasteiger partial charge in [0.1, 0.15) is 0 Å². The van der Waals surface area contributed by atoms with E-state index in [0.717, 1.165) is 15.5 Å². The van der Waals surface area contributed by atoms with Gasteiger partial charge in [0, 0.05) is 23.8 Å². The van der Waals surface area contributed by atoms with E-state index in [4.69, 9.17) is 0 Å². The highest BCUT2D eigenvalue weighted by molar-refractivity contribution is 7.89. The molecule has 0 fully saturated rings. The van der Waals surface area contributed by atoms with Crippen LogP contribution in [0.2, 0.25) is 0 Å². The van der Waals surface area contributed by atoms with E-state index >= 15 is 0 Å². The first-order valence-corrected chi connectivity index (χ1v) is 10.9. The van der Waals surface area contributed by atoms with Crippen molar-refractivity contribution in [1.82, 2.24) is 4.41 Å². The summed E-state index contributed by atoms with van der Waals surface area (Å²) < 4.78 is 27.4. The van der Waals surface area contributed by atoms with Crippen molar-refractivity contribution in [2.24, 2.45) is 5.10 Å². The fourth-order valence-electron chi connectivity index (χ4n) is 3.19. The molecule has 3 aromatic carbocycles. The zero-order valence-electron chi connectivity index (χ0n) is 16.4. The summed E-state index contributed by atoms with van der Waals surface area (Å²) in [6.07, 6.45) is 1.58. The van der Waals surface area contributed by atoms with Gasteiger partial charge >= 0.3 is 0 Å². The summed E-state index contributed by atoms with van der Waals surface area (Å²) in [6, 6.07) is 24.7. The molecular formula is C24H20N2O3S. The smallest absolute Gasteiger partial charge is 0.282 e. The number of hydrogen-bond donors (Lipinski definition) is 0. The Kier molecular flexibility index (Phi) is 5.33. The van der Waals surface area contributed by atoms with Crippen LogP contribution in [0.1, 0.15) is 27.9 Å². The lowest BCUT2D eigenvalue weighted by molar-refractivity contribution is 0.103. The summed E-state index contributed by atoms with van der Waals surface area (Å²) in [5.41, 5.74) is 3.12. The van der Waals surface area contributed by atoms with E-state index in [1.165, 1.54) is 6.20 Å². The van der Waals surface area contributed by atoms with Crippen molar-refractivity contribution >= 4 is 21.5 Å². The summed E-state index contributed by atoms with van der Waals surface area (Å²) in [5, 5.41) is 4.38. The number of allylic oxidation sites excluding steroid dienone is 1. The van der Waals surface area contributed by atoms with E-state index in [2.05, 4.69) is 5.10 Å². The third kappa shape index (κ3) is 3.95. The van der Waals surface area contributed by atoms with Crippen molar-refractivity contribution in [2.75, 3.05) is 0 Å². The molecule has 0 saturated carbocycles. The maximum atomic E-state index is 13.2. The van der Waals surface area contributed by atoms with Gasteiger partial charge in [0.15, 0.2) is 5.78 Å². The van der Waals surface area contributed by atoms with Gasteiger partial charge in [-0.3, -0.25) is 4.79 Å². The molecule has 0 radical (unpaired) electrons. The number of carbonyl (C=O) groups is 1. The Morgan fingerprint density at radius 1 is 0.867 bits per heavy atom. The zero-order valence-corrected chi connectivity index (χ0v) is 17.2. The number of hydrazone groups is 1. The van der Waals surface area contributed by atoms with E-state index in [9.17, 15) is 13.2 Å². The highest BCUT2D eigenvalue weighted by Crippen LogP contribution is 2.26. The van der Waals surface area contributed by atoms with Gasteiger partial charge < -0.3 is 0 Å². The van der Waals surface area contributed by atoms with Crippen LogP contribution in [0.4, 0.5) is 0 Å². The fraction of sp³-hybridized carbons (Fsp3) is 0.0833. The number of aryl methyl sites for hydroxylation is 1. The topological polar surface area (TPSA) is 66.8 Å². The molecule has 0 spiro atoms. The first-order valence-electron chi connectivity index (χ1n) is 9.49. The van der Waals surface area contributed by atoms with Gasteiger partial charge in [-0.1, -0.05) is 78.4 Å². The summed E-state index contributed by atoms with van der Waals surface area (Å²) in [4.78, 5) is 13.2. The number of nitrogens with zero attached hydrogens (tertiary/aromatic N) is 2. The van der Waals surface area contributed by atoms with Crippen LogP contribution in [0.5, 0.6) is 0 Å². The highest BCUT2D eigenvalue weighted by atomic mass is 32.2. The molecule has 0 aliphatic carbocycles. The second-order valence-electron chi connectivity index (χ2n) is 7.03. The SMILES string of the molecule is Cc1ccc(S(=O)(=O)N2C=C(C(=O)c3ccccc3)CC(c3ccccc3)=N2)cc1. The molecule has 0 N–H and O–H groups in total. The van der Waals surface area contributed by atoms with Crippen LogP contribution < -0.4 is 0 Å². The molecule has 3 aromatic rings. The predicted molar refractivity (Wildman–Crippen MR) is 117 cm³/mol. The van der Waals surface area contributed by atoms with Crippen molar-refractivity contribution in [3.05, 3.63) is 113 Å². The van der Waals surface area contributed by atoms with Gasteiger partial charge in [-0.15, -0.1) is 0 Å². The van der Waals surface area contributed by atoms with Crippen LogP contribution in [0.25, 0.3) is 0 Å². The standard InChI is InChI=1S/C24H20N2O3S/c1-18-12-14-22(15-13-18)30(28,29)26-17-21(24(27)20-10-6-3-7-11-20)16-23(25-26)19-8-4-2-5-9-19/h2-15,17H,16H2,1H3. The first kappa shape index (κ1) is 19.8. The Labute approximate surface area is 176 Å². The maximum absolute atomic E-state index is 13.2. The molecule has 1 aliphatic heterocycles. The Bertz CT molecular complexity index is 1230. The second-order valence-corrected chi connectivity index (χ2v) is 8.83. The number of sulfonamides is 1. The van der Waals surface area contributed by atoms with Crippen molar-refractivity contribution in [2.45, 2.75) is 18.2 Å². The normalized spacial score (nSPS) is 14.1. The average molecular weight is 417 g/mol. The van der Waals surface area contributed by atoms with Gasteiger partial charge in [0.25, 0.3) is 10.0 Å². The highest BCUT2D eigenvalue weighted by Gasteiger charge is 2.29. The molecule has 0 saturated heterocycles. The number of hydrogen-bond acceptors (Lipinski definition) is 4. The number of rotatable bonds is 5. The van der Waals surface area contributed by atoms with E-state index in [0.29, 0.717) is 16.8 Å². The van der Waals surface area contributed by atoms with Gasteiger partial charge in [0.05, 0.1) is 10.6 Å². The first-order chi connectivity index (χ1) is 14.4. The Morgan fingerprint density at radius 3 is 2.10 bits per heavy atom. The monoisotopic (exact) mass is 416 g/mol. The van der Waals surface area contributed by atoms with Crippen molar-refractivity contribution in [3.8, 4) is 0 Å². The van der Waals surface area contributed by atoms with Crippen molar-refractivity contribution in [3.63, 3.8) is 0 Å². The van der Waals surface area contributed by atoms with Crippen molar-refractivity contribution < 1.29 is 13.2 Å². The zero-order chi connectivity index (χ0) is 21.1. The third-order valence-corrected chi connectivity index (χ3v) is 6.39. The van der Waals surface area contributed by atoms with Gasteiger partial charge in [-0.25, -0.2) is 0 Å². The minimum Gasteiger partial charge on any atom is -0.289 e. The van der Waals surface area contributed by atoms with Gasteiger partial charge in [-0.2, -0.15) is 17.9 Å². The number of ketones is 1. The molecule has 4 rings (SSSR count). The molecule has 0 bridgehead atoms. The summed E-state index contributed by atoms with van der Waals surface area (Å²) >= 11 is 0. The van der Waals surface area contributed by atoms with Gasteiger partial charge in [-0.05, 0) is 24.6 Å². The minimum atomic E-state index is -3.95. The average Bonchev–Trinajstić information content (AvgIpc) is 2.80. The van der Waals surface area contributed by atoms with Crippen LogP contribution in [-0.2, 0) is 10.0 Å². The minimum absolute atomic E-state index is 0.119. The Morgan fingerprint density at radius 2 is 1.47 bits per heavy atom. The lowest BCUT2D eigenvalue weighted by Crippen LogP contribution is -2.28. The molecule has 150 valence electrons. The van der Waals surface area contributed by atoms with Crippen LogP contribution in [0, 0.1) is 6.92 Å². The Hall–Kier alpha value is -3.51. The number of benzene rings is 3. The third-order valence-electron chi connectivity index (χ3n) is 4.84. The molecule has 1 heterocycles. The van der Waals surface area contributed by atoms with E-state index in [1.54, 1.807) is 48.5 Å². The van der Waals surface area contributed by atoms with Crippen molar-refractivity contribution in [1.29, 1.82) is 0 Å².